The quantitative estimate of drug-likeness (QED) is 0.794. The van der Waals surface area contributed by atoms with E-state index in [1.807, 2.05) is 13.0 Å². The Kier molecular flexibility index (Phi) is 6.04. The van der Waals surface area contributed by atoms with Crippen molar-refractivity contribution in [2.45, 2.75) is 24.7 Å². The molecule has 0 aromatic heterocycles. The van der Waals surface area contributed by atoms with Crippen molar-refractivity contribution >= 4 is 33.2 Å². The Balaban J connectivity index is 1.58. The minimum atomic E-state index is -3.45. The molecule has 144 valence electrons. The van der Waals surface area contributed by atoms with Crippen molar-refractivity contribution in [1.82, 2.24) is 4.31 Å². The van der Waals surface area contributed by atoms with Gasteiger partial charge in [-0.3, -0.25) is 4.79 Å². The fourth-order valence-corrected chi connectivity index (χ4v) is 4.54. The third kappa shape index (κ3) is 4.80. The first-order valence-corrected chi connectivity index (χ1v) is 10.5. The number of aryl methyl sites for hydroxylation is 1. The Bertz CT molecular complexity index is 923. The molecule has 0 spiro atoms. The molecule has 0 radical (unpaired) electrons. The number of sulfonamides is 1. The van der Waals surface area contributed by atoms with Crippen LogP contribution in [-0.4, -0.2) is 38.3 Å². The molecule has 1 fully saturated rings. The average Bonchev–Trinajstić information content (AvgIpc) is 3.19. The fraction of sp³-hybridized carbons (Fsp3) is 0.316. The van der Waals surface area contributed by atoms with Gasteiger partial charge in [-0.05, 0) is 61.7 Å². The van der Waals surface area contributed by atoms with Crippen molar-refractivity contribution in [1.29, 1.82) is 0 Å². The molecule has 1 amide bonds. The van der Waals surface area contributed by atoms with Crippen molar-refractivity contribution in [3.8, 4) is 5.75 Å². The molecule has 0 unspecified atom stereocenters. The highest BCUT2D eigenvalue weighted by atomic mass is 35.5. The van der Waals surface area contributed by atoms with Crippen LogP contribution in [0.25, 0.3) is 0 Å². The van der Waals surface area contributed by atoms with Crippen LogP contribution in [-0.2, 0) is 14.8 Å². The van der Waals surface area contributed by atoms with Crippen LogP contribution in [0.2, 0.25) is 5.02 Å². The molecule has 1 saturated heterocycles. The first kappa shape index (κ1) is 19.7. The van der Waals surface area contributed by atoms with Crippen LogP contribution in [0.3, 0.4) is 0 Å². The number of hydrogen-bond acceptors (Lipinski definition) is 4. The number of halogens is 1. The van der Waals surface area contributed by atoms with Crippen molar-refractivity contribution in [3.05, 3.63) is 53.1 Å². The molecule has 8 heteroatoms. The Morgan fingerprint density at radius 2 is 1.81 bits per heavy atom. The van der Waals surface area contributed by atoms with Gasteiger partial charge < -0.3 is 10.1 Å². The van der Waals surface area contributed by atoms with E-state index in [0.29, 0.717) is 29.5 Å². The van der Waals surface area contributed by atoms with E-state index in [-0.39, 0.29) is 17.4 Å². The smallest absolute Gasteiger partial charge is 0.262 e. The van der Waals surface area contributed by atoms with Crippen LogP contribution >= 0.6 is 11.6 Å². The molecule has 27 heavy (non-hydrogen) atoms. The topological polar surface area (TPSA) is 75.7 Å². The molecule has 3 rings (SSSR count). The summed E-state index contributed by atoms with van der Waals surface area (Å²) in [6, 6.07) is 11.4. The van der Waals surface area contributed by atoms with E-state index in [4.69, 9.17) is 16.3 Å². The van der Waals surface area contributed by atoms with Crippen LogP contribution in [0.15, 0.2) is 47.4 Å². The van der Waals surface area contributed by atoms with E-state index in [1.165, 1.54) is 16.4 Å². The number of carbonyl (C=O) groups excluding carboxylic acids is 1. The van der Waals surface area contributed by atoms with Crippen LogP contribution in [0.4, 0.5) is 5.69 Å². The molecular formula is C19H21ClN2O4S. The monoisotopic (exact) mass is 408 g/mol. The SMILES string of the molecule is Cc1ccc(Cl)cc1NC(=O)COc1ccc(S(=O)(=O)N2CCCC2)cc1. The van der Waals surface area contributed by atoms with E-state index in [1.54, 1.807) is 24.3 Å². The predicted molar refractivity (Wildman–Crippen MR) is 105 cm³/mol. The summed E-state index contributed by atoms with van der Waals surface area (Å²) in [5, 5.41) is 3.28. The Labute approximate surface area is 164 Å². The lowest BCUT2D eigenvalue weighted by Gasteiger charge is -2.15. The van der Waals surface area contributed by atoms with Gasteiger partial charge in [0.2, 0.25) is 10.0 Å². The zero-order chi connectivity index (χ0) is 19.4. The van der Waals surface area contributed by atoms with Crippen LogP contribution in [0, 0.1) is 6.92 Å². The number of nitrogens with zero attached hydrogens (tertiary/aromatic N) is 1. The second-order valence-corrected chi connectivity index (χ2v) is 8.75. The van der Waals surface area contributed by atoms with Crippen LogP contribution in [0.1, 0.15) is 18.4 Å². The van der Waals surface area contributed by atoms with Gasteiger partial charge in [-0.1, -0.05) is 17.7 Å². The standard InChI is InChI=1S/C19H21ClN2O4S/c1-14-4-5-15(20)12-18(14)21-19(23)13-26-16-6-8-17(9-7-16)27(24,25)22-10-2-3-11-22/h4-9,12H,2-3,10-11,13H2,1H3,(H,21,23). The minimum absolute atomic E-state index is 0.190. The minimum Gasteiger partial charge on any atom is -0.484 e. The van der Waals surface area contributed by atoms with Crippen molar-refractivity contribution in [2.24, 2.45) is 0 Å². The van der Waals surface area contributed by atoms with Gasteiger partial charge in [-0.25, -0.2) is 8.42 Å². The lowest BCUT2D eigenvalue weighted by molar-refractivity contribution is -0.118. The summed E-state index contributed by atoms with van der Waals surface area (Å²) in [7, 11) is -3.45. The zero-order valence-electron chi connectivity index (χ0n) is 14.9. The molecule has 6 nitrogen and oxygen atoms in total. The molecule has 1 aliphatic rings. The molecule has 1 aliphatic heterocycles. The summed E-state index contributed by atoms with van der Waals surface area (Å²) < 4.78 is 31.9. The molecule has 0 atom stereocenters. The van der Waals surface area contributed by atoms with Crippen LogP contribution in [0.5, 0.6) is 5.75 Å². The lowest BCUT2D eigenvalue weighted by atomic mass is 10.2. The van der Waals surface area contributed by atoms with E-state index < -0.39 is 10.0 Å². The van der Waals surface area contributed by atoms with E-state index >= 15 is 0 Å². The Morgan fingerprint density at radius 3 is 2.48 bits per heavy atom. The molecule has 2 aromatic rings. The number of ether oxygens (including phenoxy) is 1. The van der Waals surface area contributed by atoms with Gasteiger partial charge in [0.15, 0.2) is 6.61 Å². The lowest BCUT2D eigenvalue weighted by Crippen LogP contribution is -2.27. The molecule has 0 bridgehead atoms. The second-order valence-electron chi connectivity index (χ2n) is 6.38. The van der Waals surface area contributed by atoms with Gasteiger partial charge in [-0.15, -0.1) is 0 Å². The molecule has 1 N–H and O–H groups in total. The number of carbonyl (C=O) groups is 1. The number of amides is 1. The average molecular weight is 409 g/mol. The van der Waals surface area contributed by atoms with Gasteiger partial charge in [-0.2, -0.15) is 4.31 Å². The van der Waals surface area contributed by atoms with Gasteiger partial charge in [0.1, 0.15) is 5.75 Å². The van der Waals surface area contributed by atoms with Crippen molar-refractivity contribution in [3.63, 3.8) is 0 Å². The highest BCUT2D eigenvalue weighted by molar-refractivity contribution is 7.89. The highest BCUT2D eigenvalue weighted by Gasteiger charge is 2.26. The van der Waals surface area contributed by atoms with Crippen molar-refractivity contribution < 1.29 is 17.9 Å². The first-order chi connectivity index (χ1) is 12.9. The van der Waals surface area contributed by atoms with E-state index in [9.17, 15) is 13.2 Å². The van der Waals surface area contributed by atoms with Gasteiger partial charge in [0.05, 0.1) is 4.90 Å². The zero-order valence-corrected chi connectivity index (χ0v) is 16.5. The Morgan fingerprint density at radius 1 is 1.15 bits per heavy atom. The molecule has 1 heterocycles. The maximum absolute atomic E-state index is 12.5. The number of nitrogens with one attached hydrogen (secondary N) is 1. The number of benzene rings is 2. The summed E-state index contributed by atoms with van der Waals surface area (Å²) in [6.07, 6.45) is 1.78. The van der Waals surface area contributed by atoms with Gasteiger partial charge in [0, 0.05) is 23.8 Å². The third-order valence-electron chi connectivity index (χ3n) is 4.37. The van der Waals surface area contributed by atoms with Gasteiger partial charge in [0.25, 0.3) is 5.91 Å². The maximum Gasteiger partial charge on any atom is 0.262 e. The first-order valence-electron chi connectivity index (χ1n) is 8.65. The summed E-state index contributed by atoms with van der Waals surface area (Å²) >= 11 is 5.94. The molecule has 2 aromatic carbocycles. The molecule has 0 aliphatic carbocycles. The highest BCUT2D eigenvalue weighted by Crippen LogP contribution is 2.23. The third-order valence-corrected chi connectivity index (χ3v) is 6.52. The fourth-order valence-electron chi connectivity index (χ4n) is 2.85. The van der Waals surface area contributed by atoms with Crippen LogP contribution < -0.4 is 10.1 Å². The molecular weight excluding hydrogens is 388 g/mol. The summed E-state index contributed by atoms with van der Waals surface area (Å²) in [5.41, 5.74) is 1.52. The summed E-state index contributed by atoms with van der Waals surface area (Å²) in [5.74, 6) is 0.0995. The maximum atomic E-state index is 12.5. The number of hydrogen-bond donors (Lipinski definition) is 1. The number of rotatable bonds is 6. The normalized spacial score (nSPS) is 14.9. The van der Waals surface area contributed by atoms with Gasteiger partial charge >= 0.3 is 0 Å². The number of anilines is 1. The van der Waals surface area contributed by atoms with E-state index in [0.717, 1.165) is 18.4 Å². The van der Waals surface area contributed by atoms with Crippen molar-refractivity contribution in [2.75, 3.05) is 25.0 Å². The summed E-state index contributed by atoms with van der Waals surface area (Å²) in [6.45, 7) is 2.80. The Hall–Kier alpha value is -2.09. The molecule has 0 saturated carbocycles. The second kappa shape index (κ2) is 8.29. The van der Waals surface area contributed by atoms with E-state index in [2.05, 4.69) is 5.32 Å². The summed E-state index contributed by atoms with van der Waals surface area (Å²) in [4.78, 5) is 12.3. The predicted octanol–water partition coefficient (Wildman–Crippen LogP) is 3.45. The largest absolute Gasteiger partial charge is 0.484 e.